The molecule has 2 N–H and O–H groups in total. The van der Waals surface area contributed by atoms with Gasteiger partial charge in [-0.1, -0.05) is 59.6 Å². The van der Waals surface area contributed by atoms with Crippen molar-refractivity contribution in [1.29, 1.82) is 0 Å². The van der Waals surface area contributed by atoms with Gasteiger partial charge in [-0.3, -0.25) is 0 Å². The number of carbonyl (C=O) groups excluding carboxylic acids is 1. The van der Waals surface area contributed by atoms with Gasteiger partial charge in [0.05, 0.1) is 0 Å². The molecule has 0 radical (unpaired) electrons. The van der Waals surface area contributed by atoms with E-state index in [0.717, 1.165) is 16.7 Å². The van der Waals surface area contributed by atoms with Crippen LogP contribution >= 0.6 is 11.6 Å². The zero-order valence-corrected chi connectivity index (χ0v) is 16.9. The number of hydrogen-bond donors (Lipinski definition) is 2. The Hall–Kier alpha value is -3.64. The summed E-state index contributed by atoms with van der Waals surface area (Å²) in [5.74, 6) is 0.653. The number of benzene rings is 3. The van der Waals surface area contributed by atoms with E-state index in [2.05, 4.69) is 20.8 Å². The SMILES string of the molecule is Cc1ccc(NC(=O)N[C@@H](c2ccc(Cl)cc2)c2nnc(-c3ccccc3)o2)cc1. The van der Waals surface area contributed by atoms with E-state index in [1.807, 2.05) is 73.7 Å². The molecule has 6 nitrogen and oxygen atoms in total. The average molecular weight is 419 g/mol. The lowest BCUT2D eigenvalue weighted by atomic mass is 10.1. The summed E-state index contributed by atoms with van der Waals surface area (Å²) < 4.78 is 5.89. The minimum absolute atomic E-state index is 0.273. The molecule has 0 fully saturated rings. The molecular formula is C23H19ClN4O2. The lowest BCUT2D eigenvalue weighted by Crippen LogP contribution is -2.33. The molecule has 0 bridgehead atoms. The maximum absolute atomic E-state index is 12.7. The van der Waals surface area contributed by atoms with Crippen LogP contribution in [-0.4, -0.2) is 16.2 Å². The van der Waals surface area contributed by atoms with E-state index in [1.165, 1.54) is 0 Å². The number of halogens is 1. The summed E-state index contributed by atoms with van der Waals surface area (Å²) in [7, 11) is 0. The van der Waals surface area contributed by atoms with Gasteiger partial charge < -0.3 is 15.1 Å². The van der Waals surface area contributed by atoms with Crippen LogP contribution in [0.25, 0.3) is 11.5 Å². The van der Waals surface area contributed by atoms with Crippen LogP contribution < -0.4 is 10.6 Å². The number of nitrogens with one attached hydrogen (secondary N) is 2. The van der Waals surface area contributed by atoms with Crippen LogP contribution in [0.2, 0.25) is 5.02 Å². The van der Waals surface area contributed by atoms with Crippen molar-refractivity contribution in [1.82, 2.24) is 15.5 Å². The second-order valence-corrected chi connectivity index (χ2v) is 7.20. The Balaban J connectivity index is 1.60. The van der Waals surface area contributed by atoms with Crippen molar-refractivity contribution >= 4 is 23.3 Å². The number of anilines is 1. The Morgan fingerprint density at radius 3 is 2.33 bits per heavy atom. The van der Waals surface area contributed by atoms with Crippen molar-refractivity contribution in [3.8, 4) is 11.5 Å². The lowest BCUT2D eigenvalue weighted by molar-refractivity contribution is 0.248. The first-order valence-electron chi connectivity index (χ1n) is 9.37. The van der Waals surface area contributed by atoms with Crippen molar-refractivity contribution in [3.05, 3.63) is 101 Å². The molecule has 4 rings (SSSR count). The minimum Gasteiger partial charge on any atom is -0.418 e. The monoisotopic (exact) mass is 418 g/mol. The fourth-order valence-corrected chi connectivity index (χ4v) is 3.05. The Morgan fingerprint density at radius 2 is 1.63 bits per heavy atom. The summed E-state index contributed by atoms with van der Waals surface area (Å²) >= 11 is 6.02. The van der Waals surface area contributed by atoms with Crippen molar-refractivity contribution in [2.75, 3.05) is 5.32 Å². The molecule has 4 aromatic rings. The van der Waals surface area contributed by atoms with Gasteiger partial charge in [0.15, 0.2) is 0 Å². The molecule has 150 valence electrons. The van der Waals surface area contributed by atoms with Crippen LogP contribution in [-0.2, 0) is 0 Å². The minimum atomic E-state index is -0.641. The van der Waals surface area contributed by atoms with E-state index in [0.29, 0.717) is 16.6 Å². The number of hydrogen-bond acceptors (Lipinski definition) is 4. The van der Waals surface area contributed by atoms with Gasteiger partial charge in [0, 0.05) is 16.3 Å². The Kier molecular flexibility index (Phi) is 5.77. The van der Waals surface area contributed by atoms with Crippen LogP contribution in [0.4, 0.5) is 10.5 Å². The first-order valence-corrected chi connectivity index (χ1v) is 9.75. The van der Waals surface area contributed by atoms with Crippen LogP contribution in [0, 0.1) is 6.92 Å². The summed E-state index contributed by atoms with van der Waals surface area (Å²) in [5, 5.41) is 14.6. The van der Waals surface area contributed by atoms with Gasteiger partial charge in [-0.25, -0.2) is 4.79 Å². The Labute approximate surface area is 178 Å². The zero-order valence-electron chi connectivity index (χ0n) is 16.2. The Morgan fingerprint density at radius 1 is 0.933 bits per heavy atom. The van der Waals surface area contributed by atoms with Gasteiger partial charge in [-0.05, 0) is 48.9 Å². The molecule has 7 heteroatoms. The molecule has 2 amide bonds. The highest BCUT2D eigenvalue weighted by atomic mass is 35.5. The number of rotatable bonds is 5. The molecule has 0 saturated heterocycles. The summed E-state index contributed by atoms with van der Waals surface area (Å²) in [6, 6.07) is 23.1. The number of nitrogens with zero attached hydrogens (tertiary/aromatic N) is 2. The van der Waals surface area contributed by atoms with Crippen LogP contribution in [0.15, 0.2) is 83.3 Å². The second kappa shape index (κ2) is 8.80. The van der Waals surface area contributed by atoms with Gasteiger partial charge in [-0.15, -0.1) is 10.2 Å². The Bertz CT molecular complexity index is 1130. The summed E-state index contributed by atoms with van der Waals surface area (Å²) in [4.78, 5) is 12.7. The second-order valence-electron chi connectivity index (χ2n) is 6.76. The molecule has 0 saturated carbocycles. The number of urea groups is 1. The highest BCUT2D eigenvalue weighted by Gasteiger charge is 2.23. The van der Waals surface area contributed by atoms with Gasteiger partial charge in [0.1, 0.15) is 6.04 Å². The molecule has 1 heterocycles. The van der Waals surface area contributed by atoms with Crippen LogP contribution in [0.5, 0.6) is 0 Å². The molecule has 3 aromatic carbocycles. The van der Waals surface area contributed by atoms with E-state index >= 15 is 0 Å². The maximum Gasteiger partial charge on any atom is 0.320 e. The largest absolute Gasteiger partial charge is 0.418 e. The van der Waals surface area contributed by atoms with E-state index < -0.39 is 12.1 Å². The fourth-order valence-electron chi connectivity index (χ4n) is 2.93. The van der Waals surface area contributed by atoms with Gasteiger partial charge in [0.25, 0.3) is 0 Å². The summed E-state index contributed by atoms with van der Waals surface area (Å²) in [6.45, 7) is 1.99. The van der Waals surface area contributed by atoms with E-state index in [4.69, 9.17) is 16.0 Å². The summed E-state index contributed by atoms with van der Waals surface area (Å²) in [5.41, 5.74) is 3.36. The highest BCUT2D eigenvalue weighted by molar-refractivity contribution is 6.30. The van der Waals surface area contributed by atoms with Crippen molar-refractivity contribution < 1.29 is 9.21 Å². The molecule has 30 heavy (non-hydrogen) atoms. The molecule has 0 aliphatic carbocycles. The van der Waals surface area contributed by atoms with Crippen LogP contribution in [0.3, 0.4) is 0 Å². The zero-order chi connectivity index (χ0) is 20.9. The molecule has 1 atom stereocenters. The first-order chi connectivity index (χ1) is 14.6. The molecule has 0 spiro atoms. The van der Waals surface area contributed by atoms with Crippen molar-refractivity contribution in [2.45, 2.75) is 13.0 Å². The number of amides is 2. The number of aromatic nitrogens is 2. The van der Waals surface area contributed by atoms with Gasteiger partial charge in [0.2, 0.25) is 11.8 Å². The predicted molar refractivity (Wildman–Crippen MR) is 116 cm³/mol. The number of aryl methyl sites for hydroxylation is 1. The normalized spacial score (nSPS) is 11.7. The topological polar surface area (TPSA) is 80.0 Å². The maximum atomic E-state index is 12.7. The van der Waals surface area contributed by atoms with E-state index in [-0.39, 0.29) is 5.89 Å². The molecule has 0 aliphatic heterocycles. The van der Waals surface area contributed by atoms with Gasteiger partial charge >= 0.3 is 6.03 Å². The van der Waals surface area contributed by atoms with Gasteiger partial charge in [-0.2, -0.15) is 0 Å². The van der Waals surface area contributed by atoms with Crippen molar-refractivity contribution in [3.63, 3.8) is 0 Å². The van der Waals surface area contributed by atoms with E-state index in [1.54, 1.807) is 12.1 Å². The first kappa shape index (κ1) is 19.7. The predicted octanol–water partition coefficient (Wildman–Crippen LogP) is 5.61. The highest BCUT2D eigenvalue weighted by Crippen LogP contribution is 2.26. The quantitative estimate of drug-likeness (QED) is 0.441. The third-order valence-corrected chi connectivity index (χ3v) is 4.75. The number of carbonyl (C=O) groups is 1. The molecule has 0 aliphatic rings. The van der Waals surface area contributed by atoms with Crippen LogP contribution in [0.1, 0.15) is 23.1 Å². The third-order valence-electron chi connectivity index (χ3n) is 4.50. The third kappa shape index (κ3) is 4.67. The van der Waals surface area contributed by atoms with Crippen molar-refractivity contribution in [2.24, 2.45) is 0 Å². The van der Waals surface area contributed by atoms with E-state index in [9.17, 15) is 4.79 Å². The fraction of sp³-hybridized carbons (Fsp3) is 0.0870. The average Bonchev–Trinajstić information content (AvgIpc) is 3.25. The molecule has 0 unspecified atom stereocenters. The molecular weight excluding hydrogens is 400 g/mol. The lowest BCUT2D eigenvalue weighted by Gasteiger charge is -2.16. The molecule has 1 aromatic heterocycles. The smallest absolute Gasteiger partial charge is 0.320 e. The summed E-state index contributed by atoms with van der Waals surface area (Å²) in [6.07, 6.45) is 0. The standard InChI is InChI=1S/C23H19ClN4O2/c1-15-7-13-19(14-8-15)25-23(29)26-20(16-9-11-18(24)12-10-16)22-28-27-21(30-22)17-5-3-2-4-6-17/h2-14,20H,1H3,(H2,25,26,29)/t20-/m0/s1.